The van der Waals surface area contributed by atoms with E-state index in [9.17, 15) is 30.3 Å². The van der Waals surface area contributed by atoms with Crippen molar-refractivity contribution in [2.75, 3.05) is 21.2 Å². The molecule has 2 unspecified atom stereocenters. The van der Waals surface area contributed by atoms with Gasteiger partial charge in [0.2, 0.25) is 0 Å². The Bertz CT molecular complexity index is 1190. The van der Waals surface area contributed by atoms with E-state index in [4.69, 9.17) is 28.4 Å². The van der Waals surface area contributed by atoms with Crippen molar-refractivity contribution in [2.45, 2.75) is 205 Å². The highest BCUT2D eigenvalue weighted by Crippen LogP contribution is 2.41. The predicted molar refractivity (Wildman–Crippen MR) is 203 cm³/mol. The quantitative estimate of drug-likeness (QED) is 0.188. The van der Waals surface area contributed by atoms with Gasteiger partial charge in [0.25, 0.3) is 0 Å². The van der Waals surface area contributed by atoms with Crippen molar-refractivity contribution in [3.63, 3.8) is 0 Å². The highest BCUT2D eigenvalue weighted by Gasteiger charge is 2.53. The van der Waals surface area contributed by atoms with Gasteiger partial charge in [0, 0.05) is 43.5 Å². The van der Waals surface area contributed by atoms with E-state index >= 15 is 0 Å². The number of cyclic esters (lactones) is 1. The molecule has 14 heteroatoms. The Balaban J connectivity index is 2.23. The van der Waals surface area contributed by atoms with E-state index in [1.165, 1.54) is 14.0 Å². The second-order valence-electron chi connectivity index (χ2n) is 18.1. The second-order valence-corrected chi connectivity index (χ2v) is 18.1. The number of methoxy groups -OCH3 is 1. The Labute approximate surface area is 324 Å². The Morgan fingerprint density at radius 1 is 0.926 bits per heavy atom. The molecule has 3 rings (SSSR count). The molecular formula is C40H76N2O12. The fourth-order valence-electron chi connectivity index (χ4n) is 9.31. The van der Waals surface area contributed by atoms with Gasteiger partial charge in [-0.1, -0.05) is 41.5 Å². The summed E-state index contributed by atoms with van der Waals surface area (Å²) in [5.41, 5.74) is -4.48. The zero-order valence-corrected chi connectivity index (χ0v) is 35.7. The molecule has 3 aliphatic rings. The molecule has 14 nitrogen and oxygen atoms in total. The molecule has 0 spiro atoms. The number of carbonyl (C=O) groups excluding carboxylic acids is 1. The molecule has 0 radical (unpaired) electrons. The standard InChI is InChI=1S/C40H76N2O12/c1-16-28-40(12,48)33(44)23(6)30(41-20(2)3)21(4)18-38(10,47)35(54-37-31(43)27(42(13)14)17-22(5)50-37)24(7)32(25(8)36(46)52-28)53-29-19-39(11,49-15)34(45)26(9)51-29/h20-35,37,41,43-45,47-48H,16-19H2,1-15H3/t21-,22-,23+,24+,25-,26+,27+,28?,29+,30+,31-,32?,33-,34+,35-,37+,38-,39-,40-/m1/s1. The first-order valence-electron chi connectivity index (χ1n) is 20.1. The van der Waals surface area contributed by atoms with Crippen molar-refractivity contribution < 1.29 is 58.7 Å². The van der Waals surface area contributed by atoms with Gasteiger partial charge in [0.05, 0.1) is 47.6 Å². The Hall–Kier alpha value is -1.01. The van der Waals surface area contributed by atoms with Gasteiger partial charge < -0.3 is 64.2 Å². The predicted octanol–water partition coefficient (Wildman–Crippen LogP) is 2.58. The third-order valence-corrected chi connectivity index (χ3v) is 12.6. The number of aliphatic hydroxyl groups excluding tert-OH is 3. The fourth-order valence-corrected chi connectivity index (χ4v) is 9.31. The molecule has 318 valence electrons. The van der Waals surface area contributed by atoms with Gasteiger partial charge in [-0.25, -0.2) is 0 Å². The number of esters is 1. The lowest BCUT2D eigenvalue weighted by molar-refractivity contribution is -0.318. The lowest BCUT2D eigenvalue weighted by Gasteiger charge is -2.50. The first-order chi connectivity index (χ1) is 24.8. The molecule has 3 saturated heterocycles. The van der Waals surface area contributed by atoms with Crippen LogP contribution in [0.25, 0.3) is 0 Å². The summed E-state index contributed by atoms with van der Waals surface area (Å²) in [4.78, 5) is 16.2. The Kier molecular flexibility index (Phi) is 16.4. The molecule has 0 aromatic carbocycles. The molecule has 3 aliphatic heterocycles. The van der Waals surface area contributed by atoms with E-state index in [-0.39, 0.29) is 43.4 Å². The molecule has 0 amide bonds. The third-order valence-electron chi connectivity index (χ3n) is 12.6. The van der Waals surface area contributed by atoms with Crippen LogP contribution in [0.2, 0.25) is 0 Å². The number of hydrogen-bond acceptors (Lipinski definition) is 14. The van der Waals surface area contributed by atoms with Crippen LogP contribution in [0.4, 0.5) is 0 Å². The fraction of sp³-hybridized carbons (Fsp3) is 0.975. The van der Waals surface area contributed by atoms with E-state index in [1.54, 1.807) is 34.6 Å². The minimum atomic E-state index is -1.83. The van der Waals surface area contributed by atoms with Gasteiger partial charge >= 0.3 is 5.97 Å². The SMILES string of the molecule is CCC1OC(=O)[C@H](C)C(O[C@H]2C[C@@](C)(OC)[C@@H](O)[C@H](C)O2)[C@H](C)[C@@H](O[C@@H]2O[C@H](C)C[C@H](N(C)C)[C@H]2O)[C@](C)(O)C[C@@H](C)[C@H](NC(C)C)[C@H](C)[C@@H](O)[C@]1(C)O. The zero-order chi connectivity index (χ0) is 41.2. The number of nitrogens with zero attached hydrogens (tertiary/aromatic N) is 1. The first kappa shape index (κ1) is 47.4. The minimum Gasteiger partial charge on any atom is -0.459 e. The third kappa shape index (κ3) is 10.5. The number of carbonyl (C=O) groups is 1. The first-order valence-corrected chi connectivity index (χ1v) is 20.1. The summed E-state index contributed by atoms with van der Waals surface area (Å²) in [6, 6.07) is -0.691. The van der Waals surface area contributed by atoms with E-state index in [0.717, 1.165) is 0 Å². The number of aliphatic hydroxyl groups is 5. The van der Waals surface area contributed by atoms with Gasteiger partial charge in [-0.05, 0) is 80.8 Å². The molecule has 0 aromatic heterocycles. The number of nitrogens with one attached hydrogen (secondary N) is 1. The van der Waals surface area contributed by atoms with E-state index < -0.39 is 102 Å². The smallest absolute Gasteiger partial charge is 0.311 e. The lowest BCUT2D eigenvalue weighted by atomic mass is 9.72. The van der Waals surface area contributed by atoms with Crippen molar-refractivity contribution in [1.82, 2.24) is 10.2 Å². The normalized spacial score (nSPS) is 49.1. The molecule has 6 N–H and O–H groups in total. The van der Waals surface area contributed by atoms with E-state index in [0.29, 0.717) is 6.42 Å². The van der Waals surface area contributed by atoms with Crippen molar-refractivity contribution in [3.8, 4) is 0 Å². The van der Waals surface area contributed by atoms with E-state index in [1.807, 2.05) is 60.5 Å². The topological polar surface area (TPSA) is 189 Å². The number of hydrogen-bond donors (Lipinski definition) is 6. The van der Waals surface area contributed by atoms with Crippen LogP contribution in [0.15, 0.2) is 0 Å². The van der Waals surface area contributed by atoms with Crippen molar-refractivity contribution >= 4 is 5.97 Å². The minimum absolute atomic E-state index is 0.00490. The van der Waals surface area contributed by atoms with Crippen LogP contribution in [-0.2, 0) is 33.2 Å². The van der Waals surface area contributed by atoms with Crippen molar-refractivity contribution in [2.24, 2.45) is 23.7 Å². The van der Waals surface area contributed by atoms with Crippen LogP contribution in [-0.4, -0.2) is 154 Å². The average molecular weight is 777 g/mol. The number of rotatable bonds is 9. The molecule has 19 atom stereocenters. The monoisotopic (exact) mass is 777 g/mol. The summed E-state index contributed by atoms with van der Waals surface area (Å²) in [5, 5.41) is 62.6. The van der Waals surface area contributed by atoms with Crippen molar-refractivity contribution in [1.29, 1.82) is 0 Å². The number of ether oxygens (including phenoxy) is 6. The molecule has 54 heavy (non-hydrogen) atoms. The van der Waals surface area contributed by atoms with Gasteiger partial charge in [-0.3, -0.25) is 4.79 Å². The maximum Gasteiger partial charge on any atom is 0.311 e. The second kappa shape index (κ2) is 18.7. The van der Waals surface area contributed by atoms with Gasteiger partial charge in [-0.2, -0.15) is 0 Å². The van der Waals surface area contributed by atoms with Gasteiger partial charge in [0.1, 0.15) is 23.9 Å². The summed E-state index contributed by atoms with van der Waals surface area (Å²) >= 11 is 0. The summed E-state index contributed by atoms with van der Waals surface area (Å²) in [5.74, 6) is -3.30. The summed E-state index contributed by atoms with van der Waals surface area (Å²) < 4.78 is 37.7. The van der Waals surface area contributed by atoms with Crippen LogP contribution in [0.3, 0.4) is 0 Å². The molecule has 3 heterocycles. The van der Waals surface area contributed by atoms with Crippen LogP contribution in [0.1, 0.15) is 109 Å². The van der Waals surface area contributed by atoms with Crippen LogP contribution >= 0.6 is 0 Å². The Morgan fingerprint density at radius 3 is 2.07 bits per heavy atom. The molecule has 0 bridgehead atoms. The molecule has 0 aromatic rings. The summed E-state index contributed by atoms with van der Waals surface area (Å²) in [7, 11) is 5.28. The largest absolute Gasteiger partial charge is 0.459 e. The lowest BCUT2D eigenvalue weighted by Crippen LogP contribution is -2.62. The van der Waals surface area contributed by atoms with Crippen LogP contribution in [0, 0.1) is 23.7 Å². The summed E-state index contributed by atoms with van der Waals surface area (Å²) in [6.07, 6.45) is -8.42. The highest BCUT2D eigenvalue weighted by atomic mass is 16.7. The van der Waals surface area contributed by atoms with Crippen molar-refractivity contribution in [3.05, 3.63) is 0 Å². The average Bonchev–Trinajstić information content (AvgIpc) is 3.08. The van der Waals surface area contributed by atoms with Gasteiger partial charge in [-0.15, -0.1) is 0 Å². The van der Waals surface area contributed by atoms with E-state index in [2.05, 4.69) is 5.32 Å². The molecule has 0 saturated carbocycles. The number of likely N-dealkylation sites (N-methyl/N-ethyl adjacent to an activating group) is 1. The van der Waals surface area contributed by atoms with Crippen LogP contribution < -0.4 is 5.32 Å². The van der Waals surface area contributed by atoms with Crippen LogP contribution in [0.5, 0.6) is 0 Å². The maximum atomic E-state index is 14.3. The molecule has 0 aliphatic carbocycles. The Morgan fingerprint density at radius 2 is 1.54 bits per heavy atom. The molecular weight excluding hydrogens is 700 g/mol. The summed E-state index contributed by atoms with van der Waals surface area (Å²) in [6.45, 7) is 21.6. The molecule has 3 fully saturated rings. The highest BCUT2D eigenvalue weighted by molar-refractivity contribution is 5.73. The maximum absolute atomic E-state index is 14.3. The van der Waals surface area contributed by atoms with Gasteiger partial charge in [0.15, 0.2) is 12.6 Å². The zero-order valence-electron chi connectivity index (χ0n) is 35.7.